The molecule has 0 aliphatic rings. The number of hydrogen-bond acceptors (Lipinski definition) is 2. The Morgan fingerprint density at radius 3 is 2.40 bits per heavy atom. The fourth-order valence-corrected chi connectivity index (χ4v) is 2.47. The Morgan fingerprint density at radius 2 is 1.87 bits per heavy atom. The second-order valence-electron chi connectivity index (χ2n) is 3.28. The second kappa shape index (κ2) is 5.37. The molecule has 0 bridgehead atoms. The topological polar surface area (TPSA) is 46.2 Å². The Hall–Kier alpha value is -0.740. The first-order valence-corrected chi connectivity index (χ1v) is 6.82. The van der Waals surface area contributed by atoms with Crippen LogP contribution in [-0.4, -0.2) is 14.2 Å². The van der Waals surface area contributed by atoms with Crippen LogP contribution in [0.4, 0.5) is 5.69 Å². The summed E-state index contributed by atoms with van der Waals surface area (Å²) in [6, 6.07) is 6.59. The van der Waals surface area contributed by atoms with Crippen molar-refractivity contribution in [3.05, 3.63) is 29.3 Å². The van der Waals surface area contributed by atoms with Crippen molar-refractivity contribution in [3.8, 4) is 0 Å². The molecule has 0 radical (unpaired) electrons. The first-order chi connectivity index (χ1) is 7.03. The van der Waals surface area contributed by atoms with E-state index in [0.717, 1.165) is 6.42 Å². The van der Waals surface area contributed by atoms with Crippen molar-refractivity contribution in [1.82, 2.24) is 0 Å². The first kappa shape index (κ1) is 12.3. The third kappa shape index (κ3) is 4.53. The molecule has 0 aliphatic carbocycles. The van der Waals surface area contributed by atoms with E-state index in [2.05, 4.69) is 4.72 Å². The zero-order chi connectivity index (χ0) is 11.3. The SMILES string of the molecule is CCCCS(=O)(=O)Nc1ccc(Cl)cc1. The van der Waals surface area contributed by atoms with Crippen molar-refractivity contribution >= 4 is 27.3 Å². The highest BCUT2D eigenvalue weighted by atomic mass is 35.5. The standard InChI is InChI=1S/C10H14ClNO2S/c1-2-3-8-15(13,14)12-10-6-4-9(11)5-7-10/h4-7,12H,2-3,8H2,1H3. The highest BCUT2D eigenvalue weighted by molar-refractivity contribution is 7.92. The maximum absolute atomic E-state index is 11.5. The number of hydrogen-bond donors (Lipinski definition) is 1. The van der Waals surface area contributed by atoms with Crippen LogP contribution >= 0.6 is 11.6 Å². The zero-order valence-corrected chi connectivity index (χ0v) is 10.1. The molecule has 1 rings (SSSR count). The molecule has 5 heteroatoms. The molecule has 0 unspecified atom stereocenters. The molecule has 0 spiro atoms. The molecule has 1 aromatic rings. The summed E-state index contributed by atoms with van der Waals surface area (Å²) in [5.41, 5.74) is 0.551. The van der Waals surface area contributed by atoms with Gasteiger partial charge in [-0.3, -0.25) is 4.72 Å². The molecule has 0 atom stereocenters. The minimum atomic E-state index is -3.20. The van der Waals surface area contributed by atoms with Crippen LogP contribution in [0.15, 0.2) is 24.3 Å². The van der Waals surface area contributed by atoms with Crippen LogP contribution in [0.2, 0.25) is 5.02 Å². The van der Waals surface area contributed by atoms with Gasteiger partial charge < -0.3 is 0 Å². The number of benzene rings is 1. The van der Waals surface area contributed by atoms with Gasteiger partial charge in [0, 0.05) is 10.7 Å². The summed E-state index contributed by atoms with van der Waals surface area (Å²) < 4.78 is 25.5. The molecule has 1 N–H and O–H groups in total. The number of rotatable bonds is 5. The van der Waals surface area contributed by atoms with Gasteiger partial charge >= 0.3 is 0 Å². The molecule has 0 aromatic heterocycles. The monoisotopic (exact) mass is 247 g/mol. The van der Waals surface area contributed by atoms with Crippen LogP contribution in [0.1, 0.15) is 19.8 Å². The van der Waals surface area contributed by atoms with E-state index in [0.29, 0.717) is 17.1 Å². The van der Waals surface area contributed by atoms with Crippen LogP contribution in [0.3, 0.4) is 0 Å². The molecule has 0 saturated carbocycles. The summed E-state index contributed by atoms with van der Waals surface area (Å²) in [7, 11) is -3.20. The average Bonchev–Trinajstić information content (AvgIpc) is 2.18. The van der Waals surface area contributed by atoms with E-state index in [1.807, 2.05) is 6.92 Å². The van der Waals surface area contributed by atoms with Crippen molar-refractivity contribution in [2.24, 2.45) is 0 Å². The second-order valence-corrected chi connectivity index (χ2v) is 5.56. The van der Waals surface area contributed by atoms with Gasteiger partial charge in [0.25, 0.3) is 0 Å². The summed E-state index contributed by atoms with van der Waals surface area (Å²) in [5, 5.41) is 0.589. The molecule has 0 heterocycles. The summed E-state index contributed by atoms with van der Waals surface area (Å²) in [6.45, 7) is 1.96. The third-order valence-corrected chi connectivity index (χ3v) is 3.51. The van der Waals surface area contributed by atoms with E-state index >= 15 is 0 Å². The molecular weight excluding hydrogens is 234 g/mol. The highest BCUT2D eigenvalue weighted by Crippen LogP contribution is 2.14. The summed E-state index contributed by atoms with van der Waals surface area (Å²) in [6.07, 6.45) is 1.53. The normalized spacial score (nSPS) is 11.3. The van der Waals surface area contributed by atoms with Crippen LogP contribution in [0.5, 0.6) is 0 Å². The Balaban J connectivity index is 2.65. The summed E-state index contributed by atoms with van der Waals surface area (Å²) >= 11 is 5.69. The largest absolute Gasteiger partial charge is 0.284 e. The molecule has 3 nitrogen and oxygen atoms in total. The van der Waals surface area contributed by atoms with Gasteiger partial charge in [0.1, 0.15) is 0 Å². The van der Waals surface area contributed by atoms with Crippen molar-refractivity contribution < 1.29 is 8.42 Å². The van der Waals surface area contributed by atoms with E-state index in [-0.39, 0.29) is 5.75 Å². The molecule has 0 saturated heterocycles. The number of sulfonamides is 1. The van der Waals surface area contributed by atoms with Gasteiger partial charge in [-0.25, -0.2) is 8.42 Å². The minimum Gasteiger partial charge on any atom is -0.284 e. The smallest absolute Gasteiger partial charge is 0.232 e. The van der Waals surface area contributed by atoms with Gasteiger partial charge in [0.05, 0.1) is 5.75 Å². The van der Waals surface area contributed by atoms with Crippen LogP contribution < -0.4 is 4.72 Å². The first-order valence-electron chi connectivity index (χ1n) is 4.79. The Kier molecular flexibility index (Phi) is 4.42. The zero-order valence-electron chi connectivity index (χ0n) is 8.53. The van der Waals surface area contributed by atoms with Crippen LogP contribution in [-0.2, 0) is 10.0 Å². The molecule has 84 valence electrons. The van der Waals surface area contributed by atoms with Crippen molar-refractivity contribution in [2.75, 3.05) is 10.5 Å². The highest BCUT2D eigenvalue weighted by Gasteiger charge is 2.08. The fraction of sp³-hybridized carbons (Fsp3) is 0.400. The van der Waals surface area contributed by atoms with Gasteiger partial charge in [-0.1, -0.05) is 24.9 Å². The van der Waals surface area contributed by atoms with Gasteiger partial charge in [0.2, 0.25) is 10.0 Å². The lowest BCUT2D eigenvalue weighted by molar-refractivity contribution is 0.598. The van der Waals surface area contributed by atoms with Crippen molar-refractivity contribution in [2.45, 2.75) is 19.8 Å². The number of nitrogens with one attached hydrogen (secondary N) is 1. The lowest BCUT2D eigenvalue weighted by Crippen LogP contribution is -2.16. The third-order valence-electron chi connectivity index (χ3n) is 1.88. The molecule has 15 heavy (non-hydrogen) atoms. The Labute approximate surface area is 95.5 Å². The number of anilines is 1. The average molecular weight is 248 g/mol. The Bertz CT molecular complexity index is 400. The van der Waals surface area contributed by atoms with Gasteiger partial charge in [-0.05, 0) is 30.7 Å². The van der Waals surface area contributed by atoms with E-state index < -0.39 is 10.0 Å². The van der Waals surface area contributed by atoms with Gasteiger partial charge in [0.15, 0.2) is 0 Å². The fourth-order valence-electron chi connectivity index (χ4n) is 1.08. The predicted octanol–water partition coefficient (Wildman–Crippen LogP) is 2.88. The van der Waals surface area contributed by atoms with Crippen LogP contribution in [0.25, 0.3) is 0 Å². The maximum atomic E-state index is 11.5. The van der Waals surface area contributed by atoms with Crippen molar-refractivity contribution in [1.29, 1.82) is 0 Å². The molecule has 1 aromatic carbocycles. The van der Waals surface area contributed by atoms with Crippen molar-refractivity contribution in [3.63, 3.8) is 0 Å². The van der Waals surface area contributed by atoms with E-state index in [1.165, 1.54) is 0 Å². The lowest BCUT2D eigenvalue weighted by atomic mass is 10.3. The molecular formula is C10H14ClNO2S. The predicted molar refractivity (Wildman–Crippen MR) is 63.8 cm³/mol. The molecule has 0 fully saturated rings. The van der Waals surface area contributed by atoms with Gasteiger partial charge in [-0.15, -0.1) is 0 Å². The molecule has 0 amide bonds. The maximum Gasteiger partial charge on any atom is 0.232 e. The quantitative estimate of drug-likeness (QED) is 0.870. The molecule has 0 aliphatic heterocycles. The van der Waals surface area contributed by atoms with Crippen LogP contribution in [0, 0.1) is 0 Å². The number of halogens is 1. The number of unbranched alkanes of at least 4 members (excludes halogenated alkanes) is 1. The van der Waals surface area contributed by atoms with E-state index in [4.69, 9.17) is 11.6 Å². The summed E-state index contributed by atoms with van der Waals surface area (Å²) in [4.78, 5) is 0. The van der Waals surface area contributed by atoms with E-state index in [9.17, 15) is 8.42 Å². The minimum absolute atomic E-state index is 0.159. The van der Waals surface area contributed by atoms with Gasteiger partial charge in [-0.2, -0.15) is 0 Å². The Morgan fingerprint density at radius 1 is 1.27 bits per heavy atom. The lowest BCUT2D eigenvalue weighted by Gasteiger charge is -2.06. The summed E-state index contributed by atoms with van der Waals surface area (Å²) in [5.74, 6) is 0.159. The van der Waals surface area contributed by atoms with E-state index in [1.54, 1.807) is 24.3 Å².